The number of benzene rings is 1. The van der Waals surface area contributed by atoms with Crippen molar-refractivity contribution in [1.82, 2.24) is 34.9 Å². The van der Waals surface area contributed by atoms with Crippen LogP contribution in [-0.2, 0) is 0 Å². The van der Waals surface area contributed by atoms with Crippen LogP contribution in [0, 0.1) is 0 Å². The first-order valence-corrected chi connectivity index (χ1v) is 16.7. The standard InChI is InChI=1S/C42H26N8S/c51-25-46-30-9-7-26(8-10-30)39-31-11-13-33(47-31)40(27-4-1-19-43-22-27)35-15-17-37(49-35)42(29-6-3-21-45-24-29)38-18-16-36(50-38)41(28-5-2-20-44-23-28)34-14-12-32(39)48-34/h1-24,47,50H. The molecule has 0 radical (unpaired) electrons. The zero-order valence-electron chi connectivity index (χ0n) is 26.9. The molecule has 0 aliphatic carbocycles. The summed E-state index contributed by atoms with van der Waals surface area (Å²) in [4.78, 5) is 35.6. The largest absolute Gasteiger partial charge is 0.354 e. The maximum absolute atomic E-state index is 5.31. The summed E-state index contributed by atoms with van der Waals surface area (Å²) in [6.07, 6.45) is 19.2. The Morgan fingerprint density at radius 2 is 0.824 bits per heavy atom. The summed E-state index contributed by atoms with van der Waals surface area (Å²) >= 11 is 4.85. The van der Waals surface area contributed by atoms with Crippen LogP contribution in [0.15, 0.2) is 127 Å². The molecule has 51 heavy (non-hydrogen) atoms. The van der Waals surface area contributed by atoms with E-state index in [1.165, 1.54) is 0 Å². The molecule has 0 unspecified atom stereocenters. The molecule has 0 saturated heterocycles. The molecule has 8 nitrogen and oxygen atoms in total. The van der Waals surface area contributed by atoms with Crippen molar-refractivity contribution in [2.75, 3.05) is 0 Å². The highest BCUT2D eigenvalue weighted by Crippen LogP contribution is 2.38. The summed E-state index contributed by atoms with van der Waals surface area (Å²) in [5.41, 5.74) is 15.1. The highest BCUT2D eigenvalue weighted by Gasteiger charge is 2.19. The number of fused-ring (bicyclic) bond motifs is 8. The molecule has 2 aliphatic heterocycles. The number of isothiocyanates is 1. The van der Waals surface area contributed by atoms with Gasteiger partial charge in [0.25, 0.3) is 0 Å². The van der Waals surface area contributed by atoms with Crippen molar-refractivity contribution in [2.24, 2.45) is 4.99 Å². The van der Waals surface area contributed by atoms with Crippen molar-refractivity contribution in [3.8, 4) is 44.5 Å². The second-order valence-corrected chi connectivity index (χ2v) is 12.2. The van der Waals surface area contributed by atoms with Crippen LogP contribution in [0.1, 0.15) is 22.8 Å². The average molecular weight is 675 g/mol. The minimum atomic E-state index is 0.730. The van der Waals surface area contributed by atoms with Crippen molar-refractivity contribution in [3.63, 3.8) is 0 Å². The fourth-order valence-electron chi connectivity index (χ4n) is 6.71. The van der Waals surface area contributed by atoms with E-state index in [1.54, 1.807) is 18.6 Å². The van der Waals surface area contributed by atoms with Crippen molar-refractivity contribution >= 4 is 69.4 Å². The lowest BCUT2D eigenvalue weighted by molar-refractivity contribution is 1.28. The third-order valence-corrected chi connectivity index (χ3v) is 9.03. The minimum absolute atomic E-state index is 0.730. The van der Waals surface area contributed by atoms with Crippen molar-refractivity contribution < 1.29 is 0 Å². The van der Waals surface area contributed by atoms with E-state index >= 15 is 0 Å². The van der Waals surface area contributed by atoms with Gasteiger partial charge in [0, 0.05) is 98.2 Å². The molecular weight excluding hydrogens is 649 g/mol. The van der Waals surface area contributed by atoms with Gasteiger partial charge < -0.3 is 9.97 Å². The SMILES string of the molecule is S=C=Nc1ccc(-c2c3nc(c(-c4cccnc4)c4ccc([nH]4)c(-c4cccnc4)c4nc(c(-c5cccnc5)c5ccc2[nH]5)C=C4)C=C3)cc1. The second kappa shape index (κ2) is 12.8. The van der Waals surface area contributed by atoms with E-state index in [0.717, 1.165) is 95.0 Å². The van der Waals surface area contributed by atoms with Crippen LogP contribution in [-0.4, -0.2) is 40.0 Å². The molecule has 9 heteroatoms. The molecule has 2 N–H and O–H groups in total. The molecule has 8 bridgehead atoms. The summed E-state index contributed by atoms with van der Waals surface area (Å²) in [7, 11) is 0. The topological polar surface area (TPSA) is 108 Å². The van der Waals surface area contributed by atoms with Crippen LogP contribution in [0.25, 0.3) is 90.9 Å². The predicted octanol–water partition coefficient (Wildman–Crippen LogP) is 10.2. The molecule has 7 aromatic rings. The first kappa shape index (κ1) is 30.2. The summed E-state index contributed by atoms with van der Waals surface area (Å²) < 4.78 is 0. The molecular formula is C42H26N8S. The number of nitrogens with one attached hydrogen (secondary N) is 2. The Balaban J connectivity index is 1.46. The van der Waals surface area contributed by atoms with Crippen LogP contribution in [0.4, 0.5) is 5.69 Å². The predicted molar refractivity (Wildman–Crippen MR) is 209 cm³/mol. The van der Waals surface area contributed by atoms with Gasteiger partial charge in [-0.15, -0.1) is 0 Å². The lowest BCUT2D eigenvalue weighted by atomic mass is 10.0. The number of aromatic amines is 2. The minimum Gasteiger partial charge on any atom is -0.354 e. The van der Waals surface area contributed by atoms with Gasteiger partial charge in [-0.25, -0.2) is 9.97 Å². The molecule has 0 atom stereocenters. The molecule has 0 amide bonds. The second-order valence-electron chi connectivity index (χ2n) is 12.0. The summed E-state index contributed by atoms with van der Waals surface area (Å²) in [5, 5.41) is 2.46. The number of H-pyrrole nitrogens is 2. The number of aliphatic imine (C=N–C) groups is 1. The zero-order valence-corrected chi connectivity index (χ0v) is 27.8. The first-order valence-electron chi connectivity index (χ1n) is 16.3. The van der Waals surface area contributed by atoms with E-state index in [1.807, 2.05) is 61.1 Å². The molecule has 0 spiro atoms. The van der Waals surface area contributed by atoms with E-state index < -0.39 is 0 Å². The van der Waals surface area contributed by atoms with Gasteiger partial charge in [0.2, 0.25) is 0 Å². The number of thiocarbonyl (C=S) groups is 1. The van der Waals surface area contributed by atoms with E-state index in [9.17, 15) is 0 Å². The van der Waals surface area contributed by atoms with Gasteiger partial charge in [0.05, 0.1) is 33.6 Å². The van der Waals surface area contributed by atoms with E-state index in [-0.39, 0.29) is 0 Å². The van der Waals surface area contributed by atoms with Crippen molar-refractivity contribution in [1.29, 1.82) is 0 Å². The fourth-order valence-corrected chi connectivity index (χ4v) is 6.81. The Kier molecular flexibility index (Phi) is 7.59. The molecule has 0 saturated carbocycles. The first-order chi connectivity index (χ1) is 25.2. The van der Waals surface area contributed by atoms with Crippen LogP contribution in [0.5, 0.6) is 0 Å². The number of hydrogen-bond donors (Lipinski definition) is 2. The van der Waals surface area contributed by atoms with E-state index in [2.05, 4.69) is 102 Å². The van der Waals surface area contributed by atoms with Gasteiger partial charge >= 0.3 is 0 Å². The Morgan fingerprint density at radius 3 is 1.16 bits per heavy atom. The maximum Gasteiger partial charge on any atom is 0.0739 e. The van der Waals surface area contributed by atoms with Crippen LogP contribution >= 0.6 is 12.2 Å². The Bertz CT molecular complexity index is 2690. The highest BCUT2D eigenvalue weighted by atomic mass is 32.1. The van der Waals surface area contributed by atoms with Gasteiger partial charge in [-0.2, -0.15) is 4.99 Å². The van der Waals surface area contributed by atoms with Crippen LogP contribution in [0.2, 0.25) is 0 Å². The fraction of sp³-hybridized carbons (Fsp3) is 0. The molecule has 8 heterocycles. The van der Waals surface area contributed by atoms with Crippen LogP contribution < -0.4 is 0 Å². The number of rotatable bonds is 5. The number of pyridine rings is 3. The molecule has 2 aliphatic rings. The monoisotopic (exact) mass is 674 g/mol. The molecule has 9 rings (SSSR count). The van der Waals surface area contributed by atoms with Crippen LogP contribution in [0.3, 0.4) is 0 Å². The molecule has 240 valence electrons. The summed E-state index contributed by atoms with van der Waals surface area (Å²) in [6.45, 7) is 0. The third-order valence-electron chi connectivity index (χ3n) is 8.94. The Labute approximate surface area is 297 Å². The smallest absolute Gasteiger partial charge is 0.0739 e. The number of hydrogen-bond acceptors (Lipinski definition) is 7. The Hall–Kier alpha value is -6.93. The highest BCUT2D eigenvalue weighted by molar-refractivity contribution is 7.78. The van der Waals surface area contributed by atoms with E-state index in [0.29, 0.717) is 0 Å². The number of nitrogens with zero attached hydrogens (tertiary/aromatic N) is 6. The van der Waals surface area contributed by atoms with Gasteiger partial charge in [-0.3, -0.25) is 15.0 Å². The average Bonchev–Trinajstić information content (AvgIpc) is 4.02. The molecule has 6 aromatic heterocycles. The number of aromatic nitrogens is 7. The molecule has 1 aromatic carbocycles. The molecule has 0 fully saturated rings. The normalized spacial score (nSPS) is 11.8. The third kappa shape index (κ3) is 5.58. The van der Waals surface area contributed by atoms with Gasteiger partial charge in [-0.1, -0.05) is 30.3 Å². The van der Waals surface area contributed by atoms with Crippen molar-refractivity contribution in [2.45, 2.75) is 0 Å². The maximum atomic E-state index is 5.31. The van der Waals surface area contributed by atoms with Gasteiger partial charge in [0.15, 0.2) is 0 Å². The zero-order chi connectivity index (χ0) is 34.1. The Morgan fingerprint density at radius 1 is 0.451 bits per heavy atom. The van der Waals surface area contributed by atoms with Gasteiger partial charge in [-0.05, 0) is 96.7 Å². The lowest BCUT2D eigenvalue weighted by Gasteiger charge is -2.06. The quantitative estimate of drug-likeness (QED) is 0.139. The van der Waals surface area contributed by atoms with Crippen molar-refractivity contribution in [3.05, 3.63) is 145 Å². The van der Waals surface area contributed by atoms with Gasteiger partial charge in [0.1, 0.15) is 0 Å². The lowest BCUT2D eigenvalue weighted by Crippen LogP contribution is -1.90. The summed E-state index contributed by atoms with van der Waals surface area (Å²) in [5.74, 6) is 0. The summed E-state index contributed by atoms with van der Waals surface area (Å²) in [6, 6.07) is 28.3. The van der Waals surface area contributed by atoms with E-state index in [4.69, 9.17) is 22.2 Å².